The van der Waals surface area contributed by atoms with Crippen LogP contribution in [0.15, 0.2) is 12.1 Å². The zero-order valence-electron chi connectivity index (χ0n) is 12.1. The van der Waals surface area contributed by atoms with Gasteiger partial charge in [-0.1, -0.05) is 25.4 Å². The number of anilines is 1. The molecule has 0 aromatic heterocycles. The van der Waals surface area contributed by atoms with Gasteiger partial charge in [-0.3, -0.25) is 4.79 Å². The molecule has 0 spiro atoms. The molecule has 1 aromatic rings. The Morgan fingerprint density at radius 2 is 2.05 bits per heavy atom. The molecule has 0 heterocycles. The van der Waals surface area contributed by atoms with E-state index in [4.69, 9.17) is 27.2 Å². The van der Waals surface area contributed by atoms with Crippen molar-refractivity contribution in [2.75, 3.05) is 19.0 Å². The van der Waals surface area contributed by atoms with Crippen LogP contribution in [0.4, 0.5) is 5.69 Å². The normalized spacial score (nSPS) is 12.1. The Bertz CT molecular complexity index is 546. The van der Waals surface area contributed by atoms with Crippen molar-refractivity contribution in [2.24, 2.45) is 17.6 Å². The van der Waals surface area contributed by atoms with Gasteiger partial charge in [0.1, 0.15) is 11.3 Å². The average molecular weight is 315 g/mol. The van der Waals surface area contributed by atoms with E-state index in [1.54, 1.807) is 0 Å². The third-order valence-corrected chi connectivity index (χ3v) is 3.49. The number of hydrogen-bond donors (Lipinski definition) is 3. The Balaban J connectivity index is 3.09. The number of nitrogens with one attached hydrogen (secondary N) is 1. The summed E-state index contributed by atoms with van der Waals surface area (Å²) in [6, 6.07) is 2.63. The van der Waals surface area contributed by atoms with Gasteiger partial charge in [0, 0.05) is 12.6 Å². The summed E-state index contributed by atoms with van der Waals surface area (Å²) < 4.78 is 5.00. The highest BCUT2D eigenvalue weighted by atomic mass is 35.5. The first-order valence-corrected chi connectivity index (χ1v) is 6.81. The molecule has 21 heavy (non-hydrogen) atoms. The zero-order chi connectivity index (χ0) is 16.2. The zero-order valence-corrected chi connectivity index (χ0v) is 12.9. The van der Waals surface area contributed by atoms with Gasteiger partial charge in [-0.2, -0.15) is 0 Å². The van der Waals surface area contributed by atoms with Crippen molar-refractivity contribution < 1.29 is 19.4 Å². The first kappa shape index (κ1) is 17.3. The lowest BCUT2D eigenvalue weighted by atomic mass is 9.95. The van der Waals surface area contributed by atoms with Crippen LogP contribution in [-0.2, 0) is 4.79 Å². The van der Waals surface area contributed by atoms with Gasteiger partial charge in [-0.25, -0.2) is 4.79 Å². The number of benzene rings is 1. The van der Waals surface area contributed by atoms with Crippen LogP contribution in [0.1, 0.15) is 24.2 Å². The van der Waals surface area contributed by atoms with E-state index in [2.05, 4.69) is 5.32 Å². The van der Waals surface area contributed by atoms with Gasteiger partial charge in [-0.15, -0.1) is 0 Å². The molecule has 0 radical (unpaired) electrons. The third kappa shape index (κ3) is 4.09. The summed E-state index contributed by atoms with van der Waals surface area (Å²) >= 11 is 6.01. The summed E-state index contributed by atoms with van der Waals surface area (Å²) in [5.74, 6) is -1.58. The minimum Gasteiger partial charge on any atom is -0.496 e. The number of aromatic carboxylic acids is 1. The Labute approximate surface area is 128 Å². The molecule has 0 saturated carbocycles. The monoisotopic (exact) mass is 314 g/mol. The molecule has 1 unspecified atom stereocenters. The average Bonchev–Trinajstić information content (AvgIpc) is 2.40. The van der Waals surface area contributed by atoms with Gasteiger partial charge in [0.2, 0.25) is 5.91 Å². The fraction of sp³-hybridized carbons (Fsp3) is 0.429. The molecule has 0 bridgehead atoms. The van der Waals surface area contributed by atoms with Crippen LogP contribution in [0.2, 0.25) is 5.02 Å². The minimum atomic E-state index is -1.16. The molecule has 7 heteroatoms. The van der Waals surface area contributed by atoms with Crippen molar-refractivity contribution in [1.82, 2.24) is 0 Å². The quantitative estimate of drug-likeness (QED) is 0.747. The Hall–Kier alpha value is -1.79. The standard InChI is InChI=1S/C14H19ClN2O4/c1-7(2)9(6-16)13(18)17-11-5-12(21-3)8(14(19)20)4-10(11)15/h4-5,7,9H,6,16H2,1-3H3,(H,17,18)(H,19,20). The fourth-order valence-electron chi connectivity index (χ4n) is 1.89. The topological polar surface area (TPSA) is 102 Å². The first-order valence-electron chi connectivity index (χ1n) is 6.43. The number of rotatable bonds is 6. The van der Waals surface area contributed by atoms with Crippen LogP contribution < -0.4 is 15.8 Å². The molecule has 1 amide bonds. The highest BCUT2D eigenvalue weighted by Crippen LogP contribution is 2.31. The van der Waals surface area contributed by atoms with E-state index < -0.39 is 5.97 Å². The molecule has 0 aliphatic rings. The number of methoxy groups -OCH3 is 1. The van der Waals surface area contributed by atoms with Crippen molar-refractivity contribution in [2.45, 2.75) is 13.8 Å². The number of nitrogens with two attached hydrogens (primary N) is 1. The lowest BCUT2D eigenvalue weighted by Crippen LogP contribution is -2.33. The molecule has 116 valence electrons. The molecule has 0 saturated heterocycles. The number of carbonyl (C=O) groups is 2. The van der Waals surface area contributed by atoms with Gasteiger partial charge < -0.3 is 20.9 Å². The number of carbonyl (C=O) groups excluding carboxylic acids is 1. The molecule has 1 aromatic carbocycles. The van der Waals surface area contributed by atoms with Crippen molar-refractivity contribution >= 4 is 29.2 Å². The van der Waals surface area contributed by atoms with Crippen molar-refractivity contribution in [3.63, 3.8) is 0 Å². The maximum absolute atomic E-state index is 12.1. The predicted molar refractivity (Wildman–Crippen MR) is 81.0 cm³/mol. The van der Waals surface area contributed by atoms with Crippen LogP contribution in [0, 0.1) is 11.8 Å². The number of ether oxygens (including phenoxy) is 1. The highest BCUT2D eigenvalue weighted by molar-refractivity contribution is 6.34. The number of halogens is 1. The molecular weight excluding hydrogens is 296 g/mol. The van der Waals surface area contributed by atoms with E-state index in [0.717, 1.165) is 0 Å². The summed E-state index contributed by atoms with van der Waals surface area (Å²) in [6.07, 6.45) is 0. The maximum Gasteiger partial charge on any atom is 0.339 e. The molecule has 0 fully saturated rings. The number of carboxylic acids is 1. The van der Waals surface area contributed by atoms with Crippen LogP contribution in [0.25, 0.3) is 0 Å². The van der Waals surface area contributed by atoms with E-state index in [0.29, 0.717) is 5.69 Å². The molecule has 0 aliphatic heterocycles. The van der Waals surface area contributed by atoms with Gasteiger partial charge >= 0.3 is 5.97 Å². The van der Waals surface area contributed by atoms with Crippen LogP contribution in [-0.4, -0.2) is 30.6 Å². The SMILES string of the molecule is COc1cc(NC(=O)C(CN)C(C)C)c(Cl)cc1C(=O)O. The first-order chi connectivity index (χ1) is 9.81. The van der Waals surface area contributed by atoms with Gasteiger partial charge in [-0.05, 0) is 12.0 Å². The maximum atomic E-state index is 12.1. The Kier molecular flexibility index (Phi) is 5.99. The van der Waals surface area contributed by atoms with Crippen LogP contribution >= 0.6 is 11.6 Å². The third-order valence-electron chi connectivity index (χ3n) is 3.17. The summed E-state index contributed by atoms with van der Waals surface area (Å²) in [6.45, 7) is 4.01. The summed E-state index contributed by atoms with van der Waals surface area (Å²) in [5.41, 5.74) is 5.81. The summed E-state index contributed by atoms with van der Waals surface area (Å²) in [7, 11) is 1.35. The van der Waals surface area contributed by atoms with Gasteiger partial charge in [0.25, 0.3) is 0 Å². The lowest BCUT2D eigenvalue weighted by Gasteiger charge is -2.19. The minimum absolute atomic E-state index is 0.0697. The largest absolute Gasteiger partial charge is 0.496 e. The smallest absolute Gasteiger partial charge is 0.339 e. The van der Waals surface area contributed by atoms with Gasteiger partial charge in [0.15, 0.2) is 0 Å². The molecular formula is C14H19ClN2O4. The molecule has 1 atom stereocenters. The summed E-state index contributed by atoms with van der Waals surface area (Å²) in [5, 5.41) is 11.8. The molecule has 6 nitrogen and oxygen atoms in total. The highest BCUT2D eigenvalue weighted by Gasteiger charge is 2.22. The van der Waals surface area contributed by atoms with Crippen molar-refractivity contribution in [3.05, 3.63) is 22.7 Å². The van der Waals surface area contributed by atoms with E-state index in [9.17, 15) is 9.59 Å². The van der Waals surface area contributed by atoms with Crippen LogP contribution in [0.3, 0.4) is 0 Å². The molecule has 0 aliphatic carbocycles. The van der Waals surface area contributed by atoms with E-state index in [1.165, 1.54) is 19.2 Å². The second kappa shape index (κ2) is 7.28. The van der Waals surface area contributed by atoms with Crippen molar-refractivity contribution in [3.8, 4) is 5.75 Å². The molecule has 4 N–H and O–H groups in total. The lowest BCUT2D eigenvalue weighted by molar-refractivity contribution is -0.120. The number of carboxylic acid groups (broad SMARTS) is 1. The second-order valence-electron chi connectivity index (χ2n) is 4.91. The van der Waals surface area contributed by atoms with Gasteiger partial charge in [0.05, 0.1) is 23.7 Å². The van der Waals surface area contributed by atoms with E-state index in [-0.39, 0.29) is 40.6 Å². The summed E-state index contributed by atoms with van der Waals surface area (Å²) in [4.78, 5) is 23.2. The predicted octanol–water partition coefficient (Wildman–Crippen LogP) is 2.22. The molecule has 1 rings (SSSR count). The van der Waals surface area contributed by atoms with Crippen molar-refractivity contribution in [1.29, 1.82) is 0 Å². The van der Waals surface area contributed by atoms with E-state index in [1.807, 2.05) is 13.8 Å². The number of hydrogen-bond acceptors (Lipinski definition) is 4. The fourth-order valence-corrected chi connectivity index (χ4v) is 2.10. The number of amides is 1. The Morgan fingerprint density at radius 3 is 2.48 bits per heavy atom. The van der Waals surface area contributed by atoms with E-state index >= 15 is 0 Å². The van der Waals surface area contributed by atoms with Crippen LogP contribution in [0.5, 0.6) is 5.75 Å². The Morgan fingerprint density at radius 1 is 1.43 bits per heavy atom. The second-order valence-corrected chi connectivity index (χ2v) is 5.32.